The van der Waals surface area contributed by atoms with Crippen LogP contribution in [0.4, 0.5) is 0 Å². The SMILES string of the molecule is Cc1ccc2nc3c(O)c(C(=O)NCC(=O)O)c(=O)n(C(C)C)n3c2c1. The minimum absolute atomic E-state index is 0.0550. The summed E-state index contributed by atoms with van der Waals surface area (Å²) in [6.07, 6.45) is 0. The first kappa shape index (κ1) is 17.5. The molecule has 0 saturated carbocycles. The van der Waals surface area contributed by atoms with Crippen molar-refractivity contribution in [1.82, 2.24) is 19.5 Å². The van der Waals surface area contributed by atoms with Crippen LogP contribution >= 0.6 is 0 Å². The van der Waals surface area contributed by atoms with Gasteiger partial charge >= 0.3 is 5.97 Å². The molecular weight excluding hydrogens is 340 g/mol. The highest BCUT2D eigenvalue weighted by atomic mass is 16.4. The predicted octanol–water partition coefficient (Wildman–Crippen LogP) is 1.06. The van der Waals surface area contributed by atoms with Crippen LogP contribution in [0.1, 0.15) is 35.8 Å². The second-order valence-corrected chi connectivity index (χ2v) is 6.28. The number of aryl methyl sites for hydroxylation is 1. The fourth-order valence-corrected chi connectivity index (χ4v) is 2.88. The molecule has 9 heteroatoms. The number of aromatic hydroxyl groups is 1. The zero-order valence-corrected chi connectivity index (χ0v) is 14.5. The van der Waals surface area contributed by atoms with Crippen molar-refractivity contribution in [3.8, 4) is 5.75 Å². The standard InChI is InChI=1S/C17H18N4O5/c1-8(2)20-17(26)13(16(25)18-7-12(22)23)14(24)15-19-10-5-4-9(3)6-11(10)21(15)20/h4-6,8,24H,7H2,1-3H3,(H,18,25)(H,22,23). The average molecular weight is 358 g/mol. The Kier molecular flexibility index (Phi) is 4.15. The Bertz CT molecular complexity index is 1110. The maximum absolute atomic E-state index is 12.9. The van der Waals surface area contributed by atoms with E-state index in [1.54, 1.807) is 19.9 Å². The number of aliphatic carboxylic acids is 1. The summed E-state index contributed by atoms with van der Waals surface area (Å²) in [5.74, 6) is -2.80. The molecule has 3 N–H and O–H groups in total. The number of fused-ring (bicyclic) bond motifs is 3. The maximum Gasteiger partial charge on any atom is 0.322 e. The molecule has 26 heavy (non-hydrogen) atoms. The molecule has 0 aliphatic heterocycles. The molecule has 3 rings (SSSR count). The van der Waals surface area contributed by atoms with Gasteiger partial charge in [-0.05, 0) is 38.5 Å². The van der Waals surface area contributed by atoms with Crippen molar-refractivity contribution in [3.05, 3.63) is 39.7 Å². The smallest absolute Gasteiger partial charge is 0.322 e. The summed E-state index contributed by atoms with van der Waals surface area (Å²) in [6, 6.07) is 5.10. The molecule has 9 nitrogen and oxygen atoms in total. The van der Waals surface area contributed by atoms with Crippen LogP contribution in [0.25, 0.3) is 16.7 Å². The molecule has 0 saturated heterocycles. The van der Waals surface area contributed by atoms with Gasteiger partial charge in [-0.15, -0.1) is 0 Å². The van der Waals surface area contributed by atoms with Gasteiger partial charge in [-0.3, -0.25) is 14.4 Å². The number of hydrogen-bond donors (Lipinski definition) is 3. The Morgan fingerprint density at radius 2 is 2.00 bits per heavy atom. The van der Waals surface area contributed by atoms with Gasteiger partial charge in [-0.2, -0.15) is 0 Å². The number of nitrogens with one attached hydrogen (secondary N) is 1. The Labute approximate surface area is 147 Å². The Balaban J connectivity index is 2.39. The van der Waals surface area contributed by atoms with Gasteiger partial charge in [-0.1, -0.05) is 6.07 Å². The molecule has 0 spiro atoms. The summed E-state index contributed by atoms with van der Waals surface area (Å²) in [5, 5.41) is 21.3. The van der Waals surface area contributed by atoms with E-state index in [2.05, 4.69) is 10.3 Å². The van der Waals surface area contributed by atoms with Gasteiger partial charge in [0.1, 0.15) is 6.54 Å². The number of amides is 1. The van der Waals surface area contributed by atoms with E-state index in [0.717, 1.165) is 5.56 Å². The molecule has 2 heterocycles. The highest BCUT2D eigenvalue weighted by Crippen LogP contribution is 2.26. The molecule has 0 bridgehead atoms. The van der Waals surface area contributed by atoms with E-state index in [0.29, 0.717) is 11.0 Å². The number of nitrogens with zero attached hydrogens (tertiary/aromatic N) is 3. The number of hydrogen-bond acceptors (Lipinski definition) is 5. The number of rotatable bonds is 4. The second kappa shape index (κ2) is 6.17. The third kappa shape index (κ3) is 2.67. The van der Waals surface area contributed by atoms with Gasteiger partial charge in [0.25, 0.3) is 11.5 Å². The molecule has 2 aromatic heterocycles. The largest absolute Gasteiger partial charge is 0.504 e. The highest BCUT2D eigenvalue weighted by Gasteiger charge is 2.26. The molecule has 0 atom stereocenters. The molecule has 0 aliphatic rings. The van der Waals surface area contributed by atoms with Gasteiger partial charge in [0, 0.05) is 6.04 Å². The number of carboxylic acid groups (broad SMARTS) is 1. The van der Waals surface area contributed by atoms with Crippen LogP contribution in [-0.2, 0) is 4.79 Å². The lowest BCUT2D eigenvalue weighted by molar-refractivity contribution is -0.135. The van der Waals surface area contributed by atoms with Crippen LogP contribution < -0.4 is 10.9 Å². The summed E-state index contributed by atoms with van der Waals surface area (Å²) in [7, 11) is 0. The lowest BCUT2D eigenvalue weighted by Gasteiger charge is -2.16. The summed E-state index contributed by atoms with van der Waals surface area (Å²) < 4.78 is 2.80. The van der Waals surface area contributed by atoms with E-state index in [9.17, 15) is 19.5 Å². The van der Waals surface area contributed by atoms with E-state index in [1.165, 1.54) is 9.20 Å². The van der Waals surface area contributed by atoms with Gasteiger partial charge in [-0.25, -0.2) is 14.2 Å². The van der Waals surface area contributed by atoms with Crippen molar-refractivity contribution >= 4 is 28.6 Å². The lowest BCUT2D eigenvalue weighted by atomic mass is 10.2. The molecule has 0 radical (unpaired) electrons. The lowest BCUT2D eigenvalue weighted by Crippen LogP contribution is -2.38. The monoisotopic (exact) mass is 358 g/mol. The van der Waals surface area contributed by atoms with Gasteiger partial charge in [0.15, 0.2) is 17.0 Å². The van der Waals surface area contributed by atoms with Crippen molar-refractivity contribution < 1.29 is 19.8 Å². The summed E-state index contributed by atoms with van der Waals surface area (Å²) in [4.78, 5) is 40.2. The molecule has 0 fully saturated rings. The first-order valence-corrected chi connectivity index (χ1v) is 7.99. The number of carboxylic acids is 1. The van der Waals surface area contributed by atoms with Crippen molar-refractivity contribution in [2.45, 2.75) is 26.8 Å². The molecule has 3 aromatic rings. The second-order valence-electron chi connectivity index (χ2n) is 6.28. The molecular formula is C17H18N4O5. The van der Waals surface area contributed by atoms with Crippen LogP contribution in [0.2, 0.25) is 0 Å². The number of carbonyl (C=O) groups excluding carboxylic acids is 1. The molecule has 0 aliphatic carbocycles. The van der Waals surface area contributed by atoms with Crippen molar-refractivity contribution in [3.63, 3.8) is 0 Å². The van der Waals surface area contributed by atoms with Crippen molar-refractivity contribution in [2.24, 2.45) is 0 Å². The summed E-state index contributed by atoms with van der Waals surface area (Å²) >= 11 is 0. The molecule has 136 valence electrons. The number of benzene rings is 1. The van der Waals surface area contributed by atoms with Gasteiger partial charge < -0.3 is 15.5 Å². The summed E-state index contributed by atoms with van der Waals surface area (Å²) in [6.45, 7) is 4.75. The average Bonchev–Trinajstić information content (AvgIpc) is 2.91. The first-order chi connectivity index (χ1) is 12.2. The minimum atomic E-state index is -1.26. The highest BCUT2D eigenvalue weighted by molar-refractivity contribution is 6.00. The zero-order valence-electron chi connectivity index (χ0n) is 14.5. The van der Waals surface area contributed by atoms with E-state index in [4.69, 9.17) is 5.11 Å². The quantitative estimate of drug-likeness (QED) is 0.640. The van der Waals surface area contributed by atoms with E-state index in [-0.39, 0.29) is 11.7 Å². The minimum Gasteiger partial charge on any atom is -0.504 e. The van der Waals surface area contributed by atoms with E-state index < -0.39 is 35.3 Å². The van der Waals surface area contributed by atoms with Crippen LogP contribution in [0, 0.1) is 6.92 Å². The van der Waals surface area contributed by atoms with Gasteiger partial charge in [0.05, 0.1) is 11.0 Å². The number of aromatic nitrogens is 3. The zero-order chi connectivity index (χ0) is 19.2. The number of imidazole rings is 1. The van der Waals surface area contributed by atoms with Crippen LogP contribution in [-0.4, -0.2) is 42.8 Å². The van der Waals surface area contributed by atoms with E-state index >= 15 is 0 Å². The number of carbonyl (C=O) groups is 2. The molecule has 1 aromatic carbocycles. The molecule has 0 unspecified atom stereocenters. The maximum atomic E-state index is 12.9. The third-order valence-electron chi connectivity index (χ3n) is 3.99. The first-order valence-electron chi connectivity index (χ1n) is 7.99. The Morgan fingerprint density at radius 3 is 2.62 bits per heavy atom. The Hall–Kier alpha value is -3.36. The van der Waals surface area contributed by atoms with Gasteiger partial charge in [0.2, 0.25) is 0 Å². The summed E-state index contributed by atoms with van der Waals surface area (Å²) in [5.41, 5.74) is 0.929. The van der Waals surface area contributed by atoms with Crippen molar-refractivity contribution in [2.75, 3.05) is 6.54 Å². The third-order valence-corrected chi connectivity index (χ3v) is 3.99. The van der Waals surface area contributed by atoms with Crippen LogP contribution in [0.15, 0.2) is 23.0 Å². The van der Waals surface area contributed by atoms with Crippen molar-refractivity contribution in [1.29, 1.82) is 0 Å². The fraction of sp³-hybridized carbons (Fsp3) is 0.294. The topological polar surface area (TPSA) is 126 Å². The van der Waals surface area contributed by atoms with Crippen LogP contribution in [0.3, 0.4) is 0 Å². The molecule has 1 amide bonds. The van der Waals surface area contributed by atoms with Crippen LogP contribution in [0.5, 0.6) is 5.75 Å². The predicted molar refractivity (Wildman–Crippen MR) is 93.7 cm³/mol. The Morgan fingerprint density at radius 1 is 1.31 bits per heavy atom. The fourth-order valence-electron chi connectivity index (χ4n) is 2.88. The normalized spacial score (nSPS) is 11.4. The van der Waals surface area contributed by atoms with E-state index in [1.807, 2.05) is 19.1 Å².